The van der Waals surface area contributed by atoms with Crippen LogP contribution in [0.2, 0.25) is 5.02 Å². The highest BCUT2D eigenvalue weighted by molar-refractivity contribution is 9.10. The second-order valence-electron chi connectivity index (χ2n) is 4.75. The molecule has 0 spiro atoms. The lowest BCUT2D eigenvalue weighted by Gasteiger charge is -2.21. The van der Waals surface area contributed by atoms with E-state index >= 15 is 0 Å². The summed E-state index contributed by atoms with van der Waals surface area (Å²) in [5.74, 6) is 0.762. The molecule has 0 unspecified atom stereocenters. The van der Waals surface area contributed by atoms with Crippen LogP contribution in [-0.2, 0) is 11.3 Å². The van der Waals surface area contributed by atoms with Crippen LogP contribution in [0.5, 0.6) is 0 Å². The van der Waals surface area contributed by atoms with E-state index in [0.29, 0.717) is 6.61 Å². The summed E-state index contributed by atoms with van der Waals surface area (Å²) < 4.78 is 6.79. The van der Waals surface area contributed by atoms with Crippen LogP contribution in [0.4, 0.5) is 0 Å². The minimum Gasteiger partial charge on any atom is -0.376 e. The quantitative estimate of drug-likeness (QED) is 0.741. The first-order valence-electron chi connectivity index (χ1n) is 6.27. The van der Waals surface area contributed by atoms with Gasteiger partial charge < -0.3 is 4.74 Å². The first-order chi connectivity index (χ1) is 8.25. The third kappa shape index (κ3) is 4.27. The number of hydrogen-bond acceptors (Lipinski definition) is 1. The third-order valence-electron chi connectivity index (χ3n) is 3.35. The van der Waals surface area contributed by atoms with Crippen LogP contribution in [0.1, 0.15) is 37.7 Å². The fourth-order valence-corrected chi connectivity index (χ4v) is 3.06. The summed E-state index contributed by atoms with van der Waals surface area (Å²) >= 11 is 9.54. The summed E-state index contributed by atoms with van der Waals surface area (Å²) in [6.07, 6.45) is 6.79. The van der Waals surface area contributed by atoms with Crippen molar-refractivity contribution in [2.24, 2.45) is 5.92 Å². The van der Waals surface area contributed by atoms with Gasteiger partial charge in [-0.3, -0.25) is 0 Å². The van der Waals surface area contributed by atoms with Gasteiger partial charge in [0.15, 0.2) is 0 Å². The monoisotopic (exact) mass is 316 g/mol. The molecule has 94 valence electrons. The van der Waals surface area contributed by atoms with Gasteiger partial charge in [0.2, 0.25) is 0 Å². The van der Waals surface area contributed by atoms with Crippen molar-refractivity contribution in [1.82, 2.24) is 0 Å². The number of benzene rings is 1. The van der Waals surface area contributed by atoms with E-state index in [0.717, 1.165) is 27.6 Å². The molecule has 1 nitrogen and oxygen atoms in total. The molecule has 0 saturated heterocycles. The summed E-state index contributed by atoms with van der Waals surface area (Å²) in [5, 5.41) is 0.781. The van der Waals surface area contributed by atoms with Crippen molar-refractivity contribution in [3.63, 3.8) is 0 Å². The first-order valence-corrected chi connectivity index (χ1v) is 7.44. The van der Waals surface area contributed by atoms with Crippen LogP contribution < -0.4 is 0 Å². The molecular weight excluding hydrogens is 300 g/mol. The van der Waals surface area contributed by atoms with Gasteiger partial charge in [-0.05, 0) is 36.5 Å². The number of halogens is 2. The molecule has 0 heterocycles. The molecule has 0 radical (unpaired) electrons. The maximum atomic E-state index is 6.14. The molecule has 0 bridgehead atoms. The Kier molecular flexibility index (Phi) is 5.33. The van der Waals surface area contributed by atoms with E-state index in [9.17, 15) is 0 Å². The molecule has 0 aromatic heterocycles. The number of hydrogen-bond donors (Lipinski definition) is 0. The molecule has 1 saturated carbocycles. The lowest BCUT2D eigenvalue weighted by Crippen LogP contribution is -2.13. The van der Waals surface area contributed by atoms with Crippen LogP contribution in [0.3, 0.4) is 0 Å². The lowest BCUT2D eigenvalue weighted by atomic mass is 9.90. The van der Waals surface area contributed by atoms with Gasteiger partial charge in [-0.15, -0.1) is 0 Å². The maximum Gasteiger partial charge on any atom is 0.0731 e. The molecule has 1 aliphatic rings. The average molecular weight is 318 g/mol. The zero-order valence-corrected chi connectivity index (χ0v) is 12.3. The van der Waals surface area contributed by atoms with Crippen molar-refractivity contribution in [1.29, 1.82) is 0 Å². The van der Waals surface area contributed by atoms with Crippen molar-refractivity contribution < 1.29 is 4.74 Å². The van der Waals surface area contributed by atoms with Crippen LogP contribution in [0.15, 0.2) is 22.7 Å². The van der Waals surface area contributed by atoms with E-state index < -0.39 is 0 Å². The smallest absolute Gasteiger partial charge is 0.0731 e. The van der Waals surface area contributed by atoms with Crippen molar-refractivity contribution in [3.05, 3.63) is 33.3 Å². The van der Waals surface area contributed by atoms with Crippen molar-refractivity contribution in [2.75, 3.05) is 6.61 Å². The summed E-state index contributed by atoms with van der Waals surface area (Å²) in [5.41, 5.74) is 1.07. The molecule has 2 rings (SSSR count). The van der Waals surface area contributed by atoms with E-state index in [4.69, 9.17) is 16.3 Å². The fourth-order valence-electron chi connectivity index (χ4n) is 2.33. The molecule has 0 aliphatic heterocycles. The Hall–Kier alpha value is -0.0500. The Morgan fingerprint density at radius 3 is 2.71 bits per heavy atom. The van der Waals surface area contributed by atoms with E-state index in [1.54, 1.807) is 0 Å². The predicted molar refractivity (Wildman–Crippen MR) is 75.4 cm³/mol. The standard InChI is InChI=1S/C14H18BrClO/c15-13-7-6-12(14(16)8-13)10-17-9-11-4-2-1-3-5-11/h6-8,11H,1-5,9-10H2. The van der Waals surface area contributed by atoms with E-state index in [1.807, 2.05) is 18.2 Å². The Balaban J connectivity index is 1.77. The van der Waals surface area contributed by atoms with Crippen LogP contribution in [-0.4, -0.2) is 6.61 Å². The van der Waals surface area contributed by atoms with Crippen LogP contribution in [0.25, 0.3) is 0 Å². The Bertz CT molecular complexity index is 361. The van der Waals surface area contributed by atoms with Crippen LogP contribution >= 0.6 is 27.5 Å². The van der Waals surface area contributed by atoms with E-state index in [1.165, 1.54) is 32.1 Å². The van der Waals surface area contributed by atoms with Crippen molar-refractivity contribution in [2.45, 2.75) is 38.7 Å². The highest BCUT2D eigenvalue weighted by atomic mass is 79.9. The lowest BCUT2D eigenvalue weighted by molar-refractivity contribution is 0.0739. The van der Waals surface area contributed by atoms with E-state index in [-0.39, 0.29) is 0 Å². The van der Waals surface area contributed by atoms with Gasteiger partial charge in [-0.25, -0.2) is 0 Å². The zero-order chi connectivity index (χ0) is 12.1. The minimum atomic E-state index is 0.628. The highest BCUT2D eigenvalue weighted by Crippen LogP contribution is 2.25. The molecule has 17 heavy (non-hydrogen) atoms. The third-order valence-corrected chi connectivity index (χ3v) is 4.20. The van der Waals surface area contributed by atoms with Gasteiger partial charge in [-0.2, -0.15) is 0 Å². The second kappa shape index (κ2) is 6.77. The molecule has 0 N–H and O–H groups in total. The highest BCUT2D eigenvalue weighted by Gasteiger charge is 2.13. The first kappa shape index (κ1) is 13.4. The minimum absolute atomic E-state index is 0.628. The average Bonchev–Trinajstić information content (AvgIpc) is 2.33. The molecule has 1 fully saturated rings. The summed E-state index contributed by atoms with van der Waals surface area (Å²) in [6, 6.07) is 5.94. The van der Waals surface area contributed by atoms with Gasteiger partial charge >= 0.3 is 0 Å². The van der Waals surface area contributed by atoms with Gasteiger partial charge in [0, 0.05) is 16.1 Å². The fraction of sp³-hybridized carbons (Fsp3) is 0.571. The molecule has 0 atom stereocenters. The predicted octanol–water partition coefficient (Wildman–Crippen LogP) is 5.20. The topological polar surface area (TPSA) is 9.23 Å². The maximum absolute atomic E-state index is 6.14. The van der Waals surface area contributed by atoms with Gasteiger partial charge in [-0.1, -0.05) is 52.9 Å². The summed E-state index contributed by atoms with van der Waals surface area (Å²) in [7, 11) is 0. The molecule has 1 aromatic rings. The molecule has 3 heteroatoms. The Morgan fingerprint density at radius 1 is 1.24 bits per heavy atom. The Labute approximate surface area is 117 Å². The summed E-state index contributed by atoms with van der Waals surface area (Å²) in [4.78, 5) is 0. The SMILES string of the molecule is Clc1cc(Br)ccc1COCC1CCCCC1. The molecule has 1 aliphatic carbocycles. The van der Waals surface area contributed by atoms with Crippen molar-refractivity contribution >= 4 is 27.5 Å². The normalized spacial score (nSPS) is 17.3. The zero-order valence-electron chi connectivity index (χ0n) is 9.92. The number of ether oxygens (including phenoxy) is 1. The molecule has 0 amide bonds. The van der Waals surface area contributed by atoms with Gasteiger partial charge in [0.05, 0.1) is 6.61 Å². The van der Waals surface area contributed by atoms with Gasteiger partial charge in [0.25, 0.3) is 0 Å². The molecular formula is C14H18BrClO. The number of rotatable bonds is 4. The van der Waals surface area contributed by atoms with E-state index in [2.05, 4.69) is 15.9 Å². The Morgan fingerprint density at radius 2 is 2.00 bits per heavy atom. The second-order valence-corrected chi connectivity index (χ2v) is 6.08. The van der Waals surface area contributed by atoms with Crippen molar-refractivity contribution in [3.8, 4) is 0 Å². The van der Waals surface area contributed by atoms with Gasteiger partial charge in [0.1, 0.15) is 0 Å². The molecule has 1 aromatic carbocycles. The van der Waals surface area contributed by atoms with Crippen LogP contribution in [0, 0.1) is 5.92 Å². The largest absolute Gasteiger partial charge is 0.376 e. The summed E-state index contributed by atoms with van der Waals surface area (Å²) in [6.45, 7) is 1.51.